The predicted molar refractivity (Wildman–Crippen MR) is 107 cm³/mol. The Morgan fingerprint density at radius 2 is 1.86 bits per heavy atom. The summed E-state index contributed by atoms with van der Waals surface area (Å²) < 4.78 is 7.31. The van der Waals surface area contributed by atoms with Gasteiger partial charge in [-0.05, 0) is 45.6 Å². The number of hydrogen-bond acceptors (Lipinski definition) is 5. The van der Waals surface area contributed by atoms with Crippen LogP contribution in [0.15, 0.2) is 12.3 Å². The highest BCUT2D eigenvalue weighted by molar-refractivity contribution is 6.03. The van der Waals surface area contributed by atoms with Crippen molar-refractivity contribution in [3.05, 3.63) is 23.5 Å². The van der Waals surface area contributed by atoms with Crippen LogP contribution in [-0.4, -0.2) is 38.8 Å². The van der Waals surface area contributed by atoms with Crippen molar-refractivity contribution in [2.45, 2.75) is 84.4 Å². The summed E-state index contributed by atoms with van der Waals surface area (Å²) in [6, 6.07) is 2.06. The number of hydrogen-bond donors (Lipinski definition) is 1. The van der Waals surface area contributed by atoms with Gasteiger partial charge in [-0.25, -0.2) is 14.5 Å². The maximum absolute atomic E-state index is 12.9. The van der Waals surface area contributed by atoms with Crippen molar-refractivity contribution < 1.29 is 14.3 Å². The molecule has 0 radical (unpaired) electrons. The average molecular weight is 386 g/mol. The second-order valence-corrected chi connectivity index (χ2v) is 8.21. The standard InChI is InChI=1S/C21H30N4O3/c1-12(2)18-10-16(17-11-22-25(13(3)4)19(17)24-18)21(27)28-14(5)20(26)23-15-8-6-7-9-15/h10-15H,6-9H2,1-5H3,(H,23,26)/t14-/m0/s1. The molecule has 1 aliphatic rings. The second kappa shape index (κ2) is 8.29. The minimum atomic E-state index is -0.848. The van der Waals surface area contributed by atoms with Crippen LogP contribution < -0.4 is 5.32 Å². The van der Waals surface area contributed by atoms with Gasteiger partial charge in [0, 0.05) is 17.8 Å². The number of aromatic nitrogens is 3. The fourth-order valence-corrected chi connectivity index (χ4v) is 3.55. The number of nitrogens with one attached hydrogen (secondary N) is 1. The van der Waals surface area contributed by atoms with E-state index in [9.17, 15) is 9.59 Å². The fraction of sp³-hybridized carbons (Fsp3) is 0.619. The van der Waals surface area contributed by atoms with E-state index in [-0.39, 0.29) is 23.9 Å². The third-order valence-corrected chi connectivity index (χ3v) is 5.24. The van der Waals surface area contributed by atoms with E-state index in [2.05, 4.69) is 10.4 Å². The van der Waals surface area contributed by atoms with Crippen molar-refractivity contribution in [1.82, 2.24) is 20.1 Å². The summed E-state index contributed by atoms with van der Waals surface area (Å²) in [6.07, 6.45) is 5.04. The maximum atomic E-state index is 12.9. The molecular weight excluding hydrogens is 356 g/mol. The lowest BCUT2D eigenvalue weighted by Gasteiger charge is -2.18. The summed E-state index contributed by atoms with van der Waals surface area (Å²) in [4.78, 5) is 30.0. The molecule has 1 aliphatic carbocycles. The highest BCUT2D eigenvalue weighted by Crippen LogP contribution is 2.25. The van der Waals surface area contributed by atoms with Crippen molar-refractivity contribution in [1.29, 1.82) is 0 Å². The van der Waals surface area contributed by atoms with Gasteiger partial charge in [-0.3, -0.25) is 4.79 Å². The van der Waals surface area contributed by atoms with E-state index in [4.69, 9.17) is 9.72 Å². The summed E-state index contributed by atoms with van der Waals surface area (Å²) in [5.41, 5.74) is 1.86. The minimum absolute atomic E-state index is 0.118. The number of nitrogens with zero attached hydrogens (tertiary/aromatic N) is 3. The molecule has 2 aromatic rings. The van der Waals surface area contributed by atoms with Gasteiger partial charge in [0.05, 0.1) is 17.1 Å². The van der Waals surface area contributed by atoms with Crippen LogP contribution in [0.25, 0.3) is 11.0 Å². The molecule has 0 saturated heterocycles. The Morgan fingerprint density at radius 3 is 2.46 bits per heavy atom. The first kappa shape index (κ1) is 20.3. The lowest BCUT2D eigenvalue weighted by Crippen LogP contribution is -2.40. The Morgan fingerprint density at radius 1 is 1.18 bits per heavy atom. The Labute approximate surface area is 165 Å². The van der Waals surface area contributed by atoms with E-state index < -0.39 is 12.1 Å². The van der Waals surface area contributed by atoms with Crippen molar-refractivity contribution in [2.24, 2.45) is 0 Å². The molecule has 2 heterocycles. The SMILES string of the molecule is CC(C)c1cc(C(=O)O[C@@H](C)C(=O)NC2CCCC2)c2cnn(C(C)C)c2n1. The number of carbonyl (C=O) groups is 2. The maximum Gasteiger partial charge on any atom is 0.339 e. The summed E-state index contributed by atoms with van der Waals surface area (Å²) in [5.74, 6) is -0.617. The summed E-state index contributed by atoms with van der Waals surface area (Å²) in [6.45, 7) is 9.70. The van der Waals surface area contributed by atoms with E-state index in [1.165, 1.54) is 0 Å². The van der Waals surface area contributed by atoms with Crippen molar-refractivity contribution >= 4 is 22.9 Å². The number of ether oxygens (including phenoxy) is 1. The molecule has 1 atom stereocenters. The zero-order chi connectivity index (χ0) is 20.4. The molecule has 0 spiro atoms. The van der Waals surface area contributed by atoms with Gasteiger partial charge in [-0.15, -0.1) is 0 Å². The highest BCUT2D eigenvalue weighted by atomic mass is 16.5. The highest BCUT2D eigenvalue weighted by Gasteiger charge is 2.26. The summed E-state index contributed by atoms with van der Waals surface area (Å²) in [5, 5.41) is 8.01. The third kappa shape index (κ3) is 4.18. The number of carbonyl (C=O) groups excluding carboxylic acids is 2. The van der Waals surface area contributed by atoms with Crippen LogP contribution >= 0.6 is 0 Å². The smallest absolute Gasteiger partial charge is 0.339 e. The molecule has 28 heavy (non-hydrogen) atoms. The average Bonchev–Trinajstić information content (AvgIpc) is 3.29. The first-order chi connectivity index (χ1) is 13.3. The molecule has 1 N–H and O–H groups in total. The van der Waals surface area contributed by atoms with Crippen LogP contribution in [0.1, 0.15) is 88.3 Å². The van der Waals surface area contributed by atoms with Crippen LogP contribution in [0.3, 0.4) is 0 Å². The predicted octanol–water partition coefficient (Wildman–Crippen LogP) is 3.74. The largest absolute Gasteiger partial charge is 0.449 e. The molecule has 152 valence electrons. The number of esters is 1. The topological polar surface area (TPSA) is 86.1 Å². The lowest BCUT2D eigenvalue weighted by atomic mass is 10.1. The summed E-state index contributed by atoms with van der Waals surface area (Å²) >= 11 is 0. The number of rotatable bonds is 6. The Bertz CT molecular complexity index is 866. The van der Waals surface area contributed by atoms with Gasteiger partial charge in [0.15, 0.2) is 11.8 Å². The Balaban J connectivity index is 1.84. The number of pyridine rings is 1. The molecule has 2 aromatic heterocycles. The fourth-order valence-electron chi connectivity index (χ4n) is 3.55. The number of fused-ring (bicyclic) bond motifs is 1. The first-order valence-corrected chi connectivity index (χ1v) is 10.2. The first-order valence-electron chi connectivity index (χ1n) is 10.2. The van der Waals surface area contributed by atoms with Gasteiger partial charge in [-0.1, -0.05) is 26.7 Å². The van der Waals surface area contributed by atoms with Crippen molar-refractivity contribution in [3.63, 3.8) is 0 Å². The molecule has 7 heteroatoms. The quantitative estimate of drug-likeness (QED) is 0.764. The Hall–Kier alpha value is -2.44. The number of amides is 1. The van der Waals surface area contributed by atoms with Gasteiger partial charge >= 0.3 is 5.97 Å². The zero-order valence-corrected chi connectivity index (χ0v) is 17.4. The van der Waals surface area contributed by atoms with Gasteiger partial charge in [-0.2, -0.15) is 5.10 Å². The lowest BCUT2D eigenvalue weighted by molar-refractivity contribution is -0.129. The van der Waals surface area contributed by atoms with E-state index in [1.807, 2.05) is 27.7 Å². The van der Waals surface area contributed by atoms with Crippen molar-refractivity contribution in [2.75, 3.05) is 0 Å². The molecule has 1 fully saturated rings. The Kier molecular flexibility index (Phi) is 6.01. The van der Waals surface area contributed by atoms with Gasteiger partial charge in [0.1, 0.15) is 0 Å². The van der Waals surface area contributed by atoms with E-state index in [1.54, 1.807) is 23.9 Å². The minimum Gasteiger partial charge on any atom is -0.449 e. The molecule has 7 nitrogen and oxygen atoms in total. The van der Waals surface area contributed by atoms with Crippen LogP contribution in [0, 0.1) is 0 Å². The molecule has 0 aromatic carbocycles. The normalized spacial score (nSPS) is 16.1. The monoisotopic (exact) mass is 386 g/mol. The molecule has 1 amide bonds. The van der Waals surface area contributed by atoms with E-state index >= 15 is 0 Å². The molecule has 0 unspecified atom stereocenters. The van der Waals surface area contributed by atoms with Crippen LogP contribution in [0.5, 0.6) is 0 Å². The van der Waals surface area contributed by atoms with Gasteiger partial charge in [0.25, 0.3) is 5.91 Å². The van der Waals surface area contributed by atoms with Crippen LogP contribution in [-0.2, 0) is 9.53 Å². The van der Waals surface area contributed by atoms with E-state index in [0.717, 1.165) is 31.4 Å². The molecule has 0 bridgehead atoms. The van der Waals surface area contributed by atoms with Crippen LogP contribution in [0.2, 0.25) is 0 Å². The van der Waals surface area contributed by atoms with Crippen LogP contribution in [0.4, 0.5) is 0 Å². The zero-order valence-electron chi connectivity index (χ0n) is 17.4. The molecule has 3 rings (SSSR count). The molecule has 0 aliphatic heterocycles. The van der Waals surface area contributed by atoms with E-state index in [0.29, 0.717) is 16.6 Å². The third-order valence-electron chi connectivity index (χ3n) is 5.24. The molecule has 1 saturated carbocycles. The van der Waals surface area contributed by atoms with Crippen molar-refractivity contribution in [3.8, 4) is 0 Å². The van der Waals surface area contributed by atoms with Gasteiger partial charge < -0.3 is 10.1 Å². The second-order valence-electron chi connectivity index (χ2n) is 8.21. The van der Waals surface area contributed by atoms with Gasteiger partial charge in [0.2, 0.25) is 0 Å². The molecular formula is C21H30N4O3. The summed E-state index contributed by atoms with van der Waals surface area (Å²) in [7, 11) is 0.